The van der Waals surface area contributed by atoms with Gasteiger partial charge < -0.3 is 14.4 Å². The quantitative estimate of drug-likeness (QED) is 0.792. The highest BCUT2D eigenvalue weighted by atomic mass is 32.2. The van der Waals surface area contributed by atoms with E-state index in [1.807, 2.05) is 11.5 Å². The molecule has 1 aromatic heterocycles. The minimum absolute atomic E-state index is 0.00935. The summed E-state index contributed by atoms with van der Waals surface area (Å²) >= 11 is 1.21. The van der Waals surface area contributed by atoms with Crippen LogP contribution in [-0.4, -0.2) is 44.8 Å². The first-order valence-electron chi connectivity index (χ1n) is 5.58. The molecule has 1 saturated heterocycles. The van der Waals surface area contributed by atoms with Crippen molar-refractivity contribution in [2.24, 2.45) is 0 Å². The molecular formula is C10H15N3O3S. The number of carboxylic acid groups (broad SMARTS) is 1. The minimum atomic E-state index is -0.842. The van der Waals surface area contributed by atoms with Crippen LogP contribution >= 0.6 is 11.8 Å². The van der Waals surface area contributed by atoms with Crippen LogP contribution in [0.3, 0.4) is 0 Å². The van der Waals surface area contributed by atoms with Gasteiger partial charge in [0.05, 0.1) is 18.4 Å². The van der Waals surface area contributed by atoms with Gasteiger partial charge in [0.25, 0.3) is 0 Å². The highest BCUT2D eigenvalue weighted by Gasteiger charge is 2.24. The topological polar surface area (TPSA) is 77.2 Å². The van der Waals surface area contributed by atoms with Crippen molar-refractivity contribution in [3.63, 3.8) is 0 Å². The van der Waals surface area contributed by atoms with Crippen molar-refractivity contribution < 1.29 is 14.6 Å². The van der Waals surface area contributed by atoms with E-state index in [4.69, 9.17) is 9.84 Å². The van der Waals surface area contributed by atoms with Crippen molar-refractivity contribution in [1.29, 1.82) is 0 Å². The largest absolute Gasteiger partial charge is 0.481 e. The normalized spacial score (nSPS) is 19.7. The lowest BCUT2D eigenvalue weighted by molar-refractivity contribution is -0.133. The molecule has 1 unspecified atom stereocenters. The predicted octanol–water partition coefficient (Wildman–Crippen LogP) is 0.979. The molecule has 1 atom stereocenters. The number of aryl methyl sites for hydroxylation is 1. The highest BCUT2D eigenvalue weighted by molar-refractivity contribution is 7.99. The van der Waals surface area contributed by atoms with Crippen LogP contribution in [0.15, 0.2) is 5.16 Å². The third kappa shape index (κ3) is 2.78. The van der Waals surface area contributed by atoms with E-state index in [1.54, 1.807) is 0 Å². The lowest BCUT2D eigenvalue weighted by Gasteiger charge is -2.14. The van der Waals surface area contributed by atoms with Gasteiger partial charge in [0, 0.05) is 13.0 Å². The number of aromatic nitrogens is 3. The van der Waals surface area contributed by atoms with Gasteiger partial charge in [-0.2, -0.15) is 0 Å². The fraction of sp³-hybridized carbons (Fsp3) is 0.700. The zero-order valence-electron chi connectivity index (χ0n) is 9.63. The molecule has 0 radical (unpaired) electrons. The third-order valence-corrected chi connectivity index (χ3v) is 3.57. The number of rotatable bonds is 5. The summed E-state index contributed by atoms with van der Waals surface area (Å²) in [5.74, 6) is 0.0637. The second kappa shape index (κ2) is 5.50. The zero-order chi connectivity index (χ0) is 12.3. The molecule has 0 spiro atoms. The van der Waals surface area contributed by atoms with Gasteiger partial charge in [0.2, 0.25) is 0 Å². The fourth-order valence-electron chi connectivity index (χ4n) is 1.87. The Morgan fingerprint density at radius 1 is 1.65 bits per heavy atom. The summed E-state index contributed by atoms with van der Waals surface area (Å²) in [6.45, 7) is 3.42. The van der Waals surface area contributed by atoms with Gasteiger partial charge in [-0.05, 0) is 6.42 Å². The lowest BCUT2D eigenvalue weighted by atomic mass is 10.2. The van der Waals surface area contributed by atoms with Crippen molar-refractivity contribution in [3.05, 3.63) is 5.82 Å². The van der Waals surface area contributed by atoms with Crippen molar-refractivity contribution in [2.45, 2.75) is 31.0 Å². The molecule has 1 aromatic rings. The molecule has 94 valence electrons. The van der Waals surface area contributed by atoms with Gasteiger partial charge in [-0.1, -0.05) is 18.7 Å². The Hall–Kier alpha value is -1.08. The van der Waals surface area contributed by atoms with Crippen molar-refractivity contribution in [1.82, 2.24) is 14.8 Å². The Morgan fingerprint density at radius 2 is 2.47 bits per heavy atom. The van der Waals surface area contributed by atoms with E-state index in [1.165, 1.54) is 11.8 Å². The number of aliphatic carboxylic acids is 1. The van der Waals surface area contributed by atoms with Gasteiger partial charge in [-0.25, -0.2) is 0 Å². The summed E-state index contributed by atoms with van der Waals surface area (Å²) in [5, 5.41) is 17.5. The number of thioether (sulfide) groups is 1. The van der Waals surface area contributed by atoms with Gasteiger partial charge in [0.1, 0.15) is 5.82 Å². The van der Waals surface area contributed by atoms with Crippen molar-refractivity contribution in [2.75, 3.05) is 19.0 Å². The molecule has 1 N–H and O–H groups in total. The molecule has 6 nitrogen and oxygen atoms in total. The van der Waals surface area contributed by atoms with E-state index in [0.717, 1.165) is 25.3 Å². The Labute approximate surface area is 103 Å². The molecule has 0 amide bonds. The molecule has 0 saturated carbocycles. The molecule has 1 aliphatic heterocycles. The van der Waals surface area contributed by atoms with Gasteiger partial charge in [-0.15, -0.1) is 10.2 Å². The van der Waals surface area contributed by atoms with Crippen LogP contribution < -0.4 is 0 Å². The number of carboxylic acids is 1. The molecule has 7 heteroatoms. The first-order valence-corrected chi connectivity index (χ1v) is 6.57. The fourth-order valence-corrected chi connectivity index (χ4v) is 2.61. The molecule has 2 heterocycles. The van der Waals surface area contributed by atoms with Gasteiger partial charge in [-0.3, -0.25) is 4.79 Å². The van der Waals surface area contributed by atoms with E-state index in [2.05, 4.69) is 10.2 Å². The summed E-state index contributed by atoms with van der Waals surface area (Å²) in [7, 11) is 0. The molecule has 0 aliphatic carbocycles. The van der Waals surface area contributed by atoms with Crippen LogP contribution in [0.25, 0.3) is 0 Å². The van der Waals surface area contributed by atoms with E-state index in [-0.39, 0.29) is 11.8 Å². The molecule has 1 fully saturated rings. The summed E-state index contributed by atoms with van der Waals surface area (Å²) in [5.41, 5.74) is 0. The van der Waals surface area contributed by atoms with Gasteiger partial charge in [0.15, 0.2) is 5.16 Å². The summed E-state index contributed by atoms with van der Waals surface area (Å²) in [4.78, 5) is 10.6. The molecule has 1 aliphatic rings. The summed E-state index contributed by atoms with van der Waals surface area (Å²) < 4.78 is 7.39. The zero-order valence-corrected chi connectivity index (χ0v) is 10.4. The van der Waals surface area contributed by atoms with Gasteiger partial charge >= 0.3 is 5.97 Å². The third-order valence-electron chi connectivity index (χ3n) is 2.65. The number of hydrogen-bond donors (Lipinski definition) is 1. The number of carbonyl (C=O) groups is 1. The monoisotopic (exact) mass is 257 g/mol. The Kier molecular flexibility index (Phi) is 4.01. The maximum atomic E-state index is 10.6. The van der Waals surface area contributed by atoms with Crippen molar-refractivity contribution >= 4 is 17.7 Å². The van der Waals surface area contributed by atoms with E-state index < -0.39 is 5.97 Å². The standard InChI is InChI=1S/C10H15N3O3S/c1-2-8-11-12-10(17-6-9(14)15)13(8)7-3-4-16-5-7/h7H,2-6H2,1H3,(H,14,15). The molecular weight excluding hydrogens is 242 g/mol. The Morgan fingerprint density at radius 3 is 3.06 bits per heavy atom. The van der Waals surface area contributed by atoms with Crippen LogP contribution in [0.5, 0.6) is 0 Å². The number of ether oxygens (including phenoxy) is 1. The number of nitrogens with zero attached hydrogens (tertiary/aromatic N) is 3. The number of hydrogen-bond acceptors (Lipinski definition) is 5. The maximum Gasteiger partial charge on any atom is 0.313 e. The molecule has 0 bridgehead atoms. The smallest absolute Gasteiger partial charge is 0.313 e. The van der Waals surface area contributed by atoms with Crippen LogP contribution in [0.2, 0.25) is 0 Å². The summed E-state index contributed by atoms with van der Waals surface area (Å²) in [6.07, 6.45) is 1.73. The average Bonchev–Trinajstić information content (AvgIpc) is 2.94. The first-order chi connectivity index (χ1) is 8.22. The van der Waals surface area contributed by atoms with E-state index >= 15 is 0 Å². The second-order valence-electron chi connectivity index (χ2n) is 3.82. The van der Waals surface area contributed by atoms with Crippen LogP contribution in [0.4, 0.5) is 0 Å². The Balaban J connectivity index is 2.19. The SMILES string of the molecule is CCc1nnc(SCC(=O)O)n1C1CCOC1. The lowest BCUT2D eigenvalue weighted by Crippen LogP contribution is -2.13. The molecule has 2 rings (SSSR count). The predicted molar refractivity (Wildman–Crippen MR) is 62.2 cm³/mol. The first kappa shape index (κ1) is 12.4. The highest BCUT2D eigenvalue weighted by Crippen LogP contribution is 2.27. The Bertz CT molecular complexity index is 402. The van der Waals surface area contributed by atoms with E-state index in [0.29, 0.717) is 11.8 Å². The maximum absolute atomic E-state index is 10.6. The van der Waals surface area contributed by atoms with Crippen LogP contribution in [-0.2, 0) is 16.0 Å². The average molecular weight is 257 g/mol. The van der Waals surface area contributed by atoms with Crippen molar-refractivity contribution in [3.8, 4) is 0 Å². The molecule has 17 heavy (non-hydrogen) atoms. The van der Waals surface area contributed by atoms with Crippen LogP contribution in [0, 0.1) is 0 Å². The van der Waals surface area contributed by atoms with E-state index in [9.17, 15) is 4.79 Å². The minimum Gasteiger partial charge on any atom is -0.481 e. The molecule has 0 aromatic carbocycles. The van der Waals surface area contributed by atoms with Crippen LogP contribution in [0.1, 0.15) is 25.2 Å². The second-order valence-corrected chi connectivity index (χ2v) is 4.76. The summed E-state index contributed by atoms with van der Waals surface area (Å²) in [6, 6.07) is 0.247.